The number of rotatable bonds is 6. The molecule has 1 atom stereocenters. The number of nitrogens with one attached hydrogen (secondary N) is 1. The average molecular weight is 483 g/mol. The van der Waals surface area contributed by atoms with E-state index < -0.39 is 6.04 Å². The molecule has 1 aliphatic rings. The number of anilines is 1. The van der Waals surface area contributed by atoms with Crippen LogP contribution < -0.4 is 19.7 Å². The van der Waals surface area contributed by atoms with Gasteiger partial charge >= 0.3 is 6.03 Å². The minimum atomic E-state index is -0.461. The lowest BCUT2D eigenvalue weighted by atomic mass is 9.94. The maximum Gasteiger partial charge on any atom is 0.326 e. The number of urea groups is 1. The van der Waals surface area contributed by atoms with Crippen LogP contribution in [0.3, 0.4) is 0 Å². The van der Waals surface area contributed by atoms with Crippen LogP contribution in [0, 0.1) is 6.92 Å². The number of benzene rings is 3. The summed E-state index contributed by atoms with van der Waals surface area (Å²) < 4.78 is 16.5. The molecule has 3 aromatic carbocycles. The number of para-hydroxylation sites is 1. The largest absolute Gasteiger partial charge is 0.493 e. The molecule has 0 bridgehead atoms. The predicted octanol–water partition coefficient (Wildman–Crippen LogP) is 5.76. The summed E-state index contributed by atoms with van der Waals surface area (Å²) >= 11 is 0. The molecule has 182 valence electrons. The third kappa shape index (κ3) is 4.17. The third-order valence-corrected chi connectivity index (χ3v) is 6.21. The Hall–Kier alpha value is -4.59. The molecule has 0 fully saturated rings. The van der Waals surface area contributed by atoms with Crippen molar-refractivity contribution in [3.05, 3.63) is 95.5 Å². The monoisotopic (exact) mass is 482 g/mol. The quantitative estimate of drug-likeness (QED) is 0.376. The number of allylic oxidation sites excluding steroid dienone is 1. The molecule has 1 unspecified atom stereocenters. The highest BCUT2D eigenvalue weighted by atomic mass is 16.5. The molecule has 1 aliphatic heterocycles. The fourth-order valence-corrected chi connectivity index (χ4v) is 4.34. The molecule has 0 aliphatic carbocycles. The van der Waals surface area contributed by atoms with E-state index in [0.29, 0.717) is 34.5 Å². The number of hydrogen-bond acceptors (Lipinski definition) is 6. The number of amides is 2. The number of carbonyl (C=O) groups excluding carboxylic acids is 1. The number of methoxy groups -OCH3 is 2. The molecule has 8 nitrogen and oxygen atoms in total. The van der Waals surface area contributed by atoms with Gasteiger partial charge in [0.2, 0.25) is 5.82 Å². The van der Waals surface area contributed by atoms with Gasteiger partial charge in [0.1, 0.15) is 0 Å². The molecule has 5 rings (SSSR count). The number of hydrogen-bond donors (Lipinski definition) is 1. The van der Waals surface area contributed by atoms with Crippen LogP contribution in [-0.4, -0.2) is 30.4 Å². The molecule has 0 spiro atoms. The molecule has 0 saturated heterocycles. The number of nitrogens with zero attached hydrogens (tertiary/aromatic N) is 3. The van der Waals surface area contributed by atoms with Crippen LogP contribution in [0.15, 0.2) is 83.0 Å². The molecule has 36 heavy (non-hydrogen) atoms. The van der Waals surface area contributed by atoms with Crippen molar-refractivity contribution in [1.29, 1.82) is 0 Å². The summed E-state index contributed by atoms with van der Waals surface area (Å²) in [6, 6.07) is 22.2. The maximum atomic E-state index is 13.3. The van der Waals surface area contributed by atoms with Gasteiger partial charge in [-0.25, -0.2) is 4.79 Å². The molecule has 2 heterocycles. The first-order valence-corrected chi connectivity index (χ1v) is 11.5. The molecule has 2 amide bonds. The average Bonchev–Trinajstić information content (AvgIpc) is 3.39. The van der Waals surface area contributed by atoms with E-state index in [1.165, 1.54) is 0 Å². The molecule has 0 radical (unpaired) electrons. The lowest BCUT2D eigenvalue weighted by Gasteiger charge is -2.35. The maximum absolute atomic E-state index is 13.3. The molecule has 1 aromatic heterocycles. The van der Waals surface area contributed by atoms with Crippen molar-refractivity contribution in [1.82, 2.24) is 15.5 Å². The molecule has 4 aromatic rings. The van der Waals surface area contributed by atoms with Crippen LogP contribution in [0.1, 0.15) is 30.0 Å². The Morgan fingerprint density at radius 3 is 2.33 bits per heavy atom. The summed E-state index contributed by atoms with van der Waals surface area (Å²) in [5.74, 6) is 1.90. The zero-order valence-corrected chi connectivity index (χ0v) is 20.5. The van der Waals surface area contributed by atoms with E-state index in [4.69, 9.17) is 19.0 Å². The first kappa shape index (κ1) is 23.2. The van der Waals surface area contributed by atoms with E-state index in [0.717, 1.165) is 22.4 Å². The summed E-state index contributed by atoms with van der Waals surface area (Å²) in [6.07, 6.45) is 0. The van der Waals surface area contributed by atoms with Gasteiger partial charge in [-0.15, -0.1) is 0 Å². The Bertz CT molecular complexity index is 1430. The molecule has 8 heteroatoms. The zero-order valence-electron chi connectivity index (χ0n) is 20.5. The van der Waals surface area contributed by atoms with E-state index in [-0.39, 0.29) is 6.03 Å². The Kier molecular flexibility index (Phi) is 6.16. The van der Waals surface area contributed by atoms with E-state index in [1.807, 2.05) is 74.5 Å². The van der Waals surface area contributed by atoms with Gasteiger partial charge < -0.3 is 19.3 Å². The first-order chi connectivity index (χ1) is 17.5. The van der Waals surface area contributed by atoms with Gasteiger partial charge in [0.25, 0.3) is 5.89 Å². The molecule has 0 saturated carbocycles. The van der Waals surface area contributed by atoms with Crippen LogP contribution in [0.2, 0.25) is 0 Å². The van der Waals surface area contributed by atoms with E-state index >= 15 is 0 Å². The van der Waals surface area contributed by atoms with Crippen molar-refractivity contribution in [3.8, 4) is 22.9 Å². The standard InChI is InChI=1S/C28H26N4O4/c1-17-10-12-19(13-11-17)25-24(18(2)32(28(33)29-25)21-8-6-5-7-9-21)27-30-26(31-36-27)20-14-15-22(34-3)23(16-20)35-4/h5-16,25H,1-4H3,(H,29,33). The lowest BCUT2D eigenvalue weighted by Crippen LogP contribution is -2.46. The van der Waals surface area contributed by atoms with Crippen molar-refractivity contribution >= 4 is 17.3 Å². The SMILES string of the molecule is COc1ccc(-c2noc(C3=C(C)N(c4ccccc4)C(=O)NC3c3ccc(C)cc3)n2)cc1OC. The molecular weight excluding hydrogens is 456 g/mol. The fraction of sp³-hybridized carbons (Fsp3) is 0.179. The van der Waals surface area contributed by atoms with Crippen LogP contribution in [0.5, 0.6) is 11.5 Å². The normalized spacial score (nSPS) is 15.6. The number of ether oxygens (including phenoxy) is 2. The summed E-state index contributed by atoms with van der Waals surface area (Å²) in [5.41, 5.74) is 4.93. The second-order valence-electron chi connectivity index (χ2n) is 8.46. The minimum absolute atomic E-state index is 0.229. The second kappa shape index (κ2) is 9.58. The molecule has 1 N–H and O–H groups in total. The van der Waals surface area contributed by atoms with Gasteiger partial charge in [0.05, 0.1) is 31.5 Å². The van der Waals surface area contributed by atoms with Crippen molar-refractivity contribution in [3.63, 3.8) is 0 Å². The second-order valence-corrected chi connectivity index (χ2v) is 8.46. The molecular formula is C28H26N4O4. The lowest BCUT2D eigenvalue weighted by molar-refractivity contribution is 0.244. The summed E-state index contributed by atoms with van der Waals surface area (Å²) in [4.78, 5) is 19.6. The van der Waals surface area contributed by atoms with Gasteiger partial charge in [-0.1, -0.05) is 53.2 Å². The Morgan fingerprint density at radius 1 is 0.917 bits per heavy atom. The number of aromatic nitrogens is 2. The Morgan fingerprint density at radius 2 is 1.64 bits per heavy atom. The third-order valence-electron chi connectivity index (χ3n) is 6.21. The highest BCUT2D eigenvalue weighted by molar-refractivity contribution is 6.01. The number of carbonyl (C=O) groups is 1. The summed E-state index contributed by atoms with van der Waals surface area (Å²) in [5, 5.41) is 7.36. The van der Waals surface area contributed by atoms with Crippen molar-refractivity contribution in [2.75, 3.05) is 19.1 Å². The van der Waals surface area contributed by atoms with Gasteiger partial charge in [0, 0.05) is 11.3 Å². The highest BCUT2D eigenvalue weighted by Gasteiger charge is 2.36. The van der Waals surface area contributed by atoms with Crippen LogP contribution in [0.25, 0.3) is 17.0 Å². The van der Waals surface area contributed by atoms with Crippen LogP contribution in [-0.2, 0) is 0 Å². The van der Waals surface area contributed by atoms with Crippen molar-refractivity contribution < 1.29 is 18.8 Å². The van der Waals surface area contributed by atoms with Gasteiger partial charge in [0.15, 0.2) is 11.5 Å². The summed E-state index contributed by atoms with van der Waals surface area (Å²) in [6.45, 7) is 3.92. The smallest absolute Gasteiger partial charge is 0.326 e. The van der Waals surface area contributed by atoms with E-state index in [9.17, 15) is 4.79 Å². The van der Waals surface area contributed by atoms with Gasteiger partial charge in [-0.05, 0) is 49.7 Å². The van der Waals surface area contributed by atoms with Crippen molar-refractivity contribution in [2.45, 2.75) is 19.9 Å². The highest BCUT2D eigenvalue weighted by Crippen LogP contribution is 2.39. The topological polar surface area (TPSA) is 89.7 Å². The van der Waals surface area contributed by atoms with Gasteiger partial charge in [-0.2, -0.15) is 4.98 Å². The van der Waals surface area contributed by atoms with Crippen LogP contribution >= 0.6 is 0 Å². The minimum Gasteiger partial charge on any atom is -0.493 e. The zero-order chi connectivity index (χ0) is 25.2. The van der Waals surface area contributed by atoms with E-state index in [2.05, 4.69) is 10.5 Å². The Balaban J connectivity index is 1.63. The van der Waals surface area contributed by atoms with Gasteiger partial charge in [-0.3, -0.25) is 4.90 Å². The summed E-state index contributed by atoms with van der Waals surface area (Å²) in [7, 11) is 3.16. The predicted molar refractivity (Wildman–Crippen MR) is 137 cm³/mol. The van der Waals surface area contributed by atoms with Crippen LogP contribution in [0.4, 0.5) is 10.5 Å². The van der Waals surface area contributed by atoms with E-state index in [1.54, 1.807) is 31.3 Å². The van der Waals surface area contributed by atoms with Crippen molar-refractivity contribution in [2.24, 2.45) is 0 Å². The number of aryl methyl sites for hydroxylation is 1. The Labute approximate surface area is 209 Å². The fourth-order valence-electron chi connectivity index (χ4n) is 4.34. The first-order valence-electron chi connectivity index (χ1n) is 11.5.